The minimum Gasteiger partial charge on any atom is -0.482 e. The first-order valence-electron chi connectivity index (χ1n) is 9.85. The van der Waals surface area contributed by atoms with Crippen LogP contribution in [0.2, 0.25) is 0 Å². The highest BCUT2D eigenvalue weighted by Crippen LogP contribution is 2.34. The Morgan fingerprint density at radius 3 is 2.44 bits per heavy atom. The van der Waals surface area contributed by atoms with Crippen LogP contribution in [-0.4, -0.2) is 23.9 Å². The molecule has 2 unspecified atom stereocenters. The van der Waals surface area contributed by atoms with Gasteiger partial charge in [0.05, 0.1) is 5.39 Å². The van der Waals surface area contributed by atoms with Gasteiger partial charge in [-0.1, -0.05) is 0 Å². The molecule has 0 aliphatic heterocycles. The summed E-state index contributed by atoms with van der Waals surface area (Å²) in [4.78, 5) is 12.8. The number of hydrazone groups is 1. The predicted molar refractivity (Wildman–Crippen MR) is 124 cm³/mol. The number of nitrogens with one attached hydrogen (secondary N) is 3. The van der Waals surface area contributed by atoms with Crippen molar-refractivity contribution < 1.29 is 13.9 Å². The largest absolute Gasteiger partial charge is 0.482 e. The maximum atomic E-state index is 12.8. The third-order valence-corrected chi connectivity index (χ3v) is 5.16. The van der Waals surface area contributed by atoms with E-state index in [9.17, 15) is 4.79 Å². The Bertz CT molecular complexity index is 1270. The Morgan fingerprint density at radius 1 is 1.09 bits per heavy atom. The Morgan fingerprint density at radius 2 is 1.78 bits per heavy atom. The molecule has 2 atom stereocenters. The molecule has 0 aliphatic carbocycles. The van der Waals surface area contributed by atoms with E-state index < -0.39 is 17.8 Å². The summed E-state index contributed by atoms with van der Waals surface area (Å²) >= 11 is 0. The van der Waals surface area contributed by atoms with Gasteiger partial charge in [-0.2, -0.15) is 10.6 Å². The van der Waals surface area contributed by atoms with Gasteiger partial charge in [-0.15, -0.1) is 0 Å². The van der Waals surface area contributed by atoms with Crippen LogP contribution in [0.3, 0.4) is 0 Å². The molecule has 32 heavy (non-hydrogen) atoms. The second kappa shape index (κ2) is 9.12. The van der Waals surface area contributed by atoms with Crippen LogP contribution >= 0.6 is 0 Å². The Labute approximate surface area is 184 Å². The van der Waals surface area contributed by atoms with Gasteiger partial charge < -0.3 is 25.5 Å². The van der Waals surface area contributed by atoms with E-state index in [0.717, 1.165) is 16.3 Å². The smallest absolute Gasteiger partial charge is 0.344 e. The molecule has 0 radical (unpaired) electrons. The summed E-state index contributed by atoms with van der Waals surface area (Å²) in [5.74, 6) is 11.5. The molecule has 0 fully saturated rings. The lowest BCUT2D eigenvalue weighted by atomic mass is 10.0. The van der Waals surface area contributed by atoms with Gasteiger partial charge in [0.15, 0.2) is 23.9 Å². The first-order chi connectivity index (χ1) is 15.2. The molecule has 0 saturated heterocycles. The van der Waals surface area contributed by atoms with Gasteiger partial charge in [0, 0.05) is 16.3 Å². The van der Waals surface area contributed by atoms with Crippen LogP contribution in [0, 0.1) is 19.3 Å². The van der Waals surface area contributed by atoms with Crippen LogP contribution < -0.4 is 43.5 Å². The summed E-state index contributed by atoms with van der Waals surface area (Å²) in [5, 5.41) is 13.2. The molecule has 11 heteroatoms. The molecule has 0 amide bonds. The second-order valence-corrected chi connectivity index (χ2v) is 7.38. The van der Waals surface area contributed by atoms with E-state index in [-0.39, 0.29) is 11.7 Å². The fraction of sp³-hybridized carbons (Fsp3) is 0.286. The number of nitrogens with two attached hydrogens (primary N) is 3. The van der Waals surface area contributed by atoms with E-state index in [1.807, 2.05) is 19.1 Å². The van der Waals surface area contributed by atoms with Crippen molar-refractivity contribution in [1.82, 2.24) is 11.0 Å². The summed E-state index contributed by atoms with van der Waals surface area (Å²) in [6, 6.07) is 7.08. The fourth-order valence-electron chi connectivity index (χ4n) is 3.28. The number of amidine groups is 2. The number of hydrogen-bond donors (Lipinski definition) is 6. The van der Waals surface area contributed by atoms with Crippen LogP contribution in [-0.2, 0) is 0 Å². The van der Waals surface area contributed by atoms with Gasteiger partial charge in [-0.05, 0) is 57.5 Å². The van der Waals surface area contributed by atoms with E-state index in [4.69, 9.17) is 36.7 Å². The van der Waals surface area contributed by atoms with Gasteiger partial charge >= 0.3 is 5.63 Å². The van der Waals surface area contributed by atoms with E-state index >= 15 is 0 Å². The highest BCUT2D eigenvalue weighted by molar-refractivity contribution is 6.06. The molecule has 2 aromatic carbocycles. The Kier molecular flexibility index (Phi) is 6.51. The van der Waals surface area contributed by atoms with Crippen molar-refractivity contribution in [2.24, 2.45) is 22.5 Å². The average molecular weight is 441 g/mol. The van der Waals surface area contributed by atoms with Crippen LogP contribution in [0.4, 0.5) is 0 Å². The molecule has 11 nitrogen and oxygen atoms in total. The topological polar surface area (TPSA) is 187 Å². The van der Waals surface area contributed by atoms with E-state index in [0.29, 0.717) is 28.0 Å². The highest BCUT2D eigenvalue weighted by atomic mass is 16.5. The number of ether oxygens (including phenoxy) is 2. The monoisotopic (exact) mass is 441 g/mol. The zero-order valence-electron chi connectivity index (χ0n) is 18.3. The second-order valence-electron chi connectivity index (χ2n) is 7.38. The number of aryl methyl sites for hydroxylation is 2. The molecule has 1 heterocycles. The highest BCUT2D eigenvalue weighted by Gasteiger charge is 2.18. The van der Waals surface area contributed by atoms with E-state index in [2.05, 4.69) is 16.1 Å². The zero-order valence-corrected chi connectivity index (χ0v) is 18.3. The summed E-state index contributed by atoms with van der Waals surface area (Å²) in [7, 11) is 0. The first-order valence-corrected chi connectivity index (χ1v) is 9.85. The van der Waals surface area contributed by atoms with Crippen molar-refractivity contribution in [2.45, 2.75) is 39.9 Å². The van der Waals surface area contributed by atoms with Crippen molar-refractivity contribution in [3.8, 4) is 11.5 Å². The van der Waals surface area contributed by atoms with Gasteiger partial charge in [-0.3, -0.25) is 16.7 Å². The van der Waals surface area contributed by atoms with Gasteiger partial charge in [-0.25, -0.2) is 4.79 Å². The minimum absolute atomic E-state index is 0.0460. The molecule has 0 aliphatic rings. The minimum atomic E-state index is -0.609. The normalized spacial score (nSPS) is 13.7. The molecular formula is C21H27N7O4. The molecule has 3 aromatic rings. The van der Waals surface area contributed by atoms with Crippen molar-refractivity contribution in [2.75, 3.05) is 0 Å². The Balaban J connectivity index is 2.08. The number of hydrogen-bond acceptors (Lipinski definition) is 9. The summed E-state index contributed by atoms with van der Waals surface area (Å²) in [6.07, 6.45) is -1.17. The maximum Gasteiger partial charge on any atom is 0.344 e. The SMILES string of the molecule is Cc1cc2c(cc1OC(C)/C(N)=N/N)c(=O)oc1c(C)c(OC(C)C(=N)NNN)ccc12. The molecule has 1 aromatic heterocycles. The molecular weight excluding hydrogens is 414 g/mol. The zero-order chi connectivity index (χ0) is 23.6. The van der Waals surface area contributed by atoms with Crippen molar-refractivity contribution in [3.63, 3.8) is 0 Å². The number of nitrogens with zero attached hydrogens (tertiary/aromatic N) is 1. The third kappa shape index (κ3) is 4.29. The molecule has 0 bridgehead atoms. The first kappa shape index (κ1) is 22.8. The standard InChI is InChI=1S/C21H27N7O4/c1-9-7-14-13-5-6-16(30-12(4)20(23)27-28-25)10(2)18(13)32-21(29)15(14)8-17(9)31-11(3)19(22)26-24/h5-8,11-12,28H,24-25H2,1-4H3,(H2,22,26)(H2,23,27). The van der Waals surface area contributed by atoms with Crippen LogP contribution in [0.1, 0.15) is 25.0 Å². The average Bonchev–Trinajstić information content (AvgIpc) is 2.76. The van der Waals surface area contributed by atoms with Gasteiger partial charge in [0.1, 0.15) is 17.1 Å². The summed E-state index contributed by atoms with van der Waals surface area (Å²) < 4.78 is 17.3. The Hall–Kier alpha value is -3.83. The molecule has 3 rings (SSSR count). The number of rotatable bonds is 7. The van der Waals surface area contributed by atoms with Crippen molar-refractivity contribution in [1.29, 1.82) is 5.41 Å². The number of fused-ring (bicyclic) bond motifs is 3. The fourth-order valence-corrected chi connectivity index (χ4v) is 3.28. The van der Waals surface area contributed by atoms with Crippen molar-refractivity contribution >= 4 is 33.4 Å². The van der Waals surface area contributed by atoms with E-state index in [1.54, 1.807) is 32.9 Å². The maximum absolute atomic E-state index is 12.8. The predicted octanol–water partition coefficient (Wildman–Crippen LogP) is 1.27. The summed E-state index contributed by atoms with van der Waals surface area (Å²) in [5.41, 5.74) is 11.7. The molecule has 0 spiro atoms. The third-order valence-electron chi connectivity index (χ3n) is 5.16. The van der Waals surface area contributed by atoms with Gasteiger partial charge in [0.25, 0.3) is 0 Å². The summed E-state index contributed by atoms with van der Waals surface area (Å²) in [6.45, 7) is 7.07. The van der Waals surface area contributed by atoms with E-state index in [1.165, 1.54) is 0 Å². The van der Waals surface area contributed by atoms with Gasteiger partial charge in [0.2, 0.25) is 0 Å². The van der Waals surface area contributed by atoms with Crippen LogP contribution in [0.25, 0.3) is 21.7 Å². The van der Waals surface area contributed by atoms with Crippen LogP contribution in [0.5, 0.6) is 11.5 Å². The number of benzene rings is 2. The van der Waals surface area contributed by atoms with Crippen LogP contribution in [0.15, 0.2) is 38.6 Å². The lowest BCUT2D eigenvalue weighted by molar-refractivity contribution is 0.277. The lowest BCUT2D eigenvalue weighted by Gasteiger charge is -2.19. The molecule has 170 valence electrons. The number of hydrazine groups is 2. The van der Waals surface area contributed by atoms with Crippen molar-refractivity contribution in [3.05, 3.63) is 45.8 Å². The molecule has 0 saturated carbocycles. The quantitative estimate of drug-likeness (QED) is 0.0783. The molecule has 9 N–H and O–H groups in total. The lowest BCUT2D eigenvalue weighted by Crippen LogP contribution is -2.47.